The normalized spacial score (nSPS) is 23.0. The summed E-state index contributed by atoms with van der Waals surface area (Å²) in [4.78, 5) is 14.3. The zero-order valence-corrected chi connectivity index (χ0v) is 16.8. The smallest absolute Gasteiger partial charge is 0.370 e. The van der Waals surface area contributed by atoms with Crippen molar-refractivity contribution in [3.05, 3.63) is 11.6 Å². The number of rotatable bonds is 3. The molecule has 2 aliphatic heterocycles. The van der Waals surface area contributed by atoms with Crippen molar-refractivity contribution < 1.29 is 13.2 Å². The minimum absolute atomic E-state index is 0. The van der Waals surface area contributed by atoms with Crippen molar-refractivity contribution >= 4 is 46.4 Å². The number of alkyl halides is 3. The van der Waals surface area contributed by atoms with Crippen molar-refractivity contribution in [2.45, 2.75) is 18.6 Å². The Morgan fingerprint density at radius 3 is 2.60 bits per heavy atom. The van der Waals surface area contributed by atoms with Gasteiger partial charge in [-0.25, -0.2) is 9.98 Å². The van der Waals surface area contributed by atoms with Gasteiger partial charge in [0.15, 0.2) is 11.1 Å². The van der Waals surface area contributed by atoms with Crippen LogP contribution in [0.15, 0.2) is 16.6 Å². The lowest BCUT2D eigenvalue weighted by Gasteiger charge is -2.35. The quantitative estimate of drug-likeness (QED) is 0.398. The molecule has 2 aliphatic rings. The van der Waals surface area contributed by atoms with Crippen LogP contribution in [0.5, 0.6) is 0 Å². The monoisotopic (exact) mass is 490 g/mol. The number of piperazine rings is 1. The van der Waals surface area contributed by atoms with Gasteiger partial charge in [0.25, 0.3) is 0 Å². The van der Waals surface area contributed by atoms with E-state index < -0.39 is 12.7 Å². The number of hydrogen-bond donors (Lipinski definition) is 1. The Hall–Kier alpha value is -0.820. The average molecular weight is 490 g/mol. The van der Waals surface area contributed by atoms with Gasteiger partial charge < -0.3 is 15.5 Å². The topological polar surface area (TPSA) is 61.0 Å². The van der Waals surface area contributed by atoms with Crippen LogP contribution in [-0.2, 0) is 0 Å². The standard InChI is InChI=1S/C14H21F3N6S.HI/c15-14(16,17)10-21-3-1-11(9-21)20-12(18)22-4-6-23(7-5-22)13-19-2-8-24-13;/h2,8,11H,1,3-7,9-10H2,(H2,18,20);1H. The lowest BCUT2D eigenvalue weighted by atomic mass is 10.3. The van der Waals surface area contributed by atoms with Crippen molar-refractivity contribution in [1.29, 1.82) is 0 Å². The molecule has 6 nitrogen and oxygen atoms in total. The molecule has 0 aromatic carbocycles. The summed E-state index contributed by atoms with van der Waals surface area (Å²) in [6, 6.07) is -0.149. The largest absolute Gasteiger partial charge is 0.401 e. The van der Waals surface area contributed by atoms with Gasteiger partial charge in [-0.1, -0.05) is 0 Å². The van der Waals surface area contributed by atoms with Crippen molar-refractivity contribution in [1.82, 2.24) is 14.8 Å². The maximum atomic E-state index is 12.4. The van der Waals surface area contributed by atoms with E-state index in [9.17, 15) is 13.2 Å². The molecule has 0 spiro atoms. The molecule has 2 saturated heterocycles. The van der Waals surface area contributed by atoms with E-state index in [1.54, 1.807) is 17.5 Å². The molecule has 3 heterocycles. The highest BCUT2D eigenvalue weighted by molar-refractivity contribution is 14.0. The van der Waals surface area contributed by atoms with Crippen LogP contribution in [0.3, 0.4) is 0 Å². The van der Waals surface area contributed by atoms with Crippen LogP contribution in [-0.4, -0.2) is 78.8 Å². The van der Waals surface area contributed by atoms with E-state index in [1.165, 1.54) is 4.90 Å². The number of thiazole rings is 1. The first kappa shape index (κ1) is 20.5. The predicted molar refractivity (Wildman–Crippen MR) is 104 cm³/mol. The van der Waals surface area contributed by atoms with E-state index >= 15 is 0 Å². The fourth-order valence-electron chi connectivity index (χ4n) is 3.08. The minimum atomic E-state index is -4.16. The number of nitrogens with zero attached hydrogens (tertiary/aromatic N) is 5. The summed E-state index contributed by atoms with van der Waals surface area (Å²) in [6.45, 7) is 2.98. The summed E-state index contributed by atoms with van der Waals surface area (Å²) in [6.07, 6.45) is -1.75. The molecule has 0 bridgehead atoms. The Bertz CT molecular complexity index is 559. The van der Waals surface area contributed by atoms with E-state index in [0.29, 0.717) is 25.5 Å². The molecule has 1 atom stereocenters. The molecule has 0 radical (unpaired) electrons. The molecule has 11 heteroatoms. The third-order valence-electron chi connectivity index (χ3n) is 4.26. The Balaban J connectivity index is 0.00000225. The zero-order chi connectivity index (χ0) is 17.2. The van der Waals surface area contributed by atoms with Crippen LogP contribution >= 0.6 is 35.3 Å². The number of nitrogens with two attached hydrogens (primary N) is 1. The Labute approximate surface area is 165 Å². The van der Waals surface area contributed by atoms with E-state index in [1.807, 2.05) is 10.3 Å². The number of halogens is 4. The maximum Gasteiger partial charge on any atom is 0.401 e. The third kappa shape index (κ3) is 5.84. The molecule has 0 amide bonds. The molecule has 1 aromatic heterocycles. The predicted octanol–water partition coefficient (Wildman–Crippen LogP) is 1.83. The van der Waals surface area contributed by atoms with Crippen LogP contribution in [0.25, 0.3) is 0 Å². The molecule has 0 saturated carbocycles. The minimum Gasteiger partial charge on any atom is -0.370 e. The number of anilines is 1. The number of aromatic nitrogens is 1. The summed E-state index contributed by atoms with van der Waals surface area (Å²) in [5.74, 6) is 0.438. The van der Waals surface area contributed by atoms with Gasteiger partial charge >= 0.3 is 6.18 Å². The lowest BCUT2D eigenvalue weighted by molar-refractivity contribution is -0.143. The van der Waals surface area contributed by atoms with Gasteiger partial charge in [0.2, 0.25) is 0 Å². The molecule has 2 N–H and O–H groups in total. The van der Waals surface area contributed by atoms with Crippen molar-refractivity contribution in [3.8, 4) is 0 Å². The molecule has 1 aromatic rings. The average Bonchev–Trinajstić information content (AvgIpc) is 3.18. The summed E-state index contributed by atoms with van der Waals surface area (Å²) < 4.78 is 37.3. The van der Waals surface area contributed by atoms with Crippen LogP contribution in [0.1, 0.15) is 6.42 Å². The van der Waals surface area contributed by atoms with Gasteiger partial charge in [0.05, 0.1) is 12.6 Å². The van der Waals surface area contributed by atoms with Crippen molar-refractivity contribution in [3.63, 3.8) is 0 Å². The second kappa shape index (κ2) is 8.71. The third-order valence-corrected chi connectivity index (χ3v) is 5.09. The van der Waals surface area contributed by atoms with E-state index in [2.05, 4.69) is 14.9 Å². The molecular weight excluding hydrogens is 468 g/mol. The number of likely N-dealkylation sites (tertiary alicyclic amines) is 1. The van der Waals surface area contributed by atoms with Gasteiger partial charge in [-0.3, -0.25) is 4.90 Å². The fourth-order valence-corrected chi connectivity index (χ4v) is 3.78. The maximum absolute atomic E-state index is 12.4. The Kier molecular flexibility index (Phi) is 7.14. The molecule has 25 heavy (non-hydrogen) atoms. The second-order valence-corrected chi connectivity index (χ2v) is 6.94. The van der Waals surface area contributed by atoms with Gasteiger partial charge in [-0.15, -0.1) is 35.3 Å². The van der Waals surface area contributed by atoms with Gasteiger partial charge in [0, 0.05) is 50.8 Å². The fraction of sp³-hybridized carbons (Fsp3) is 0.714. The van der Waals surface area contributed by atoms with Crippen LogP contribution in [0.4, 0.5) is 18.3 Å². The van der Waals surface area contributed by atoms with Gasteiger partial charge in [-0.2, -0.15) is 13.2 Å². The first-order valence-corrected chi connectivity index (χ1v) is 8.80. The number of guanidine groups is 1. The Morgan fingerprint density at radius 2 is 2.00 bits per heavy atom. The van der Waals surface area contributed by atoms with Gasteiger partial charge in [-0.05, 0) is 6.42 Å². The molecule has 2 fully saturated rings. The van der Waals surface area contributed by atoms with Gasteiger partial charge in [0.1, 0.15) is 0 Å². The highest BCUT2D eigenvalue weighted by Gasteiger charge is 2.34. The van der Waals surface area contributed by atoms with E-state index in [-0.39, 0.29) is 30.0 Å². The van der Waals surface area contributed by atoms with Crippen LogP contribution in [0.2, 0.25) is 0 Å². The second-order valence-electron chi connectivity index (χ2n) is 6.07. The lowest BCUT2D eigenvalue weighted by Crippen LogP contribution is -2.51. The SMILES string of the molecule is I.NC(=NC1CCN(CC(F)(F)F)C1)N1CCN(c2nccs2)CC1. The summed E-state index contributed by atoms with van der Waals surface area (Å²) >= 11 is 1.61. The molecule has 0 aliphatic carbocycles. The Morgan fingerprint density at radius 1 is 1.28 bits per heavy atom. The van der Waals surface area contributed by atoms with E-state index in [4.69, 9.17) is 5.73 Å². The number of hydrogen-bond acceptors (Lipinski definition) is 5. The van der Waals surface area contributed by atoms with Crippen molar-refractivity contribution in [2.75, 3.05) is 50.7 Å². The first-order chi connectivity index (χ1) is 11.4. The summed E-state index contributed by atoms with van der Waals surface area (Å²) in [7, 11) is 0. The molecule has 1 unspecified atom stereocenters. The summed E-state index contributed by atoms with van der Waals surface area (Å²) in [5, 5.41) is 2.95. The molecular formula is C14H22F3IN6S. The molecule has 3 rings (SSSR count). The van der Waals surface area contributed by atoms with Crippen LogP contribution in [0, 0.1) is 0 Å². The highest BCUT2D eigenvalue weighted by atomic mass is 127. The molecule has 142 valence electrons. The van der Waals surface area contributed by atoms with E-state index in [0.717, 1.165) is 31.3 Å². The highest BCUT2D eigenvalue weighted by Crippen LogP contribution is 2.22. The summed E-state index contributed by atoms with van der Waals surface area (Å²) in [5.41, 5.74) is 6.07. The zero-order valence-electron chi connectivity index (χ0n) is 13.7. The number of aliphatic imine (C=N–C) groups is 1. The van der Waals surface area contributed by atoms with Crippen LogP contribution < -0.4 is 10.6 Å². The first-order valence-electron chi connectivity index (χ1n) is 7.92. The van der Waals surface area contributed by atoms with Crippen molar-refractivity contribution in [2.24, 2.45) is 10.7 Å².